The summed E-state index contributed by atoms with van der Waals surface area (Å²) in [6, 6.07) is 11.6. The number of unbranched alkanes of at least 4 members (excludes halogenated alkanes) is 8. The highest BCUT2D eigenvalue weighted by Crippen LogP contribution is 2.39. The number of nitriles is 1. The number of rotatable bonds is 15. The second kappa shape index (κ2) is 15.7. The number of aryl methyl sites for hydroxylation is 1. The van der Waals surface area contributed by atoms with E-state index in [1.165, 1.54) is 81.8 Å². The fourth-order valence-corrected chi connectivity index (χ4v) is 5.65. The summed E-state index contributed by atoms with van der Waals surface area (Å²) in [4.78, 5) is 9.54. The molecule has 0 saturated heterocycles. The van der Waals surface area contributed by atoms with Crippen molar-refractivity contribution in [3.05, 3.63) is 48.0 Å². The Morgan fingerprint density at radius 1 is 0.771 bits per heavy atom. The Labute approximate surface area is 214 Å². The molecule has 0 N–H and O–H groups in total. The smallest absolute Gasteiger partial charge is 0.131 e. The van der Waals surface area contributed by atoms with E-state index in [0.29, 0.717) is 11.8 Å². The van der Waals surface area contributed by atoms with Gasteiger partial charge >= 0.3 is 0 Å². The molecular formula is C32H47N3. The van der Waals surface area contributed by atoms with Crippen LogP contribution in [0.2, 0.25) is 0 Å². The van der Waals surface area contributed by atoms with Crippen molar-refractivity contribution in [2.45, 2.75) is 122 Å². The highest BCUT2D eigenvalue weighted by molar-refractivity contribution is 5.61. The van der Waals surface area contributed by atoms with E-state index in [-0.39, 0.29) is 5.92 Å². The fourth-order valence-electron chi connectivity index (χ4n) is 5.65. The largest absolute Gasteiger partial charge is 0.240 e. The van der Waals surface area contributed by atoms with Crippen LogP contribution in [0.1, 0.15) is 127 Å². The van der Waals surface area contributed by atoms with Crippen LogP contribution in [0.25, 0.3) is 11.1 Å². The van der Waals surface area contributed by atoms with Crippen LogP contribution in [-0.2, 0) is 6.42 Å². The van der Waals surface area contributed by atoms with Crippen LogP contribution in [0.5, 0.6) is 0 Å². The third-order valence-electron chi connectivity index (χ3n) is 8.02. The van der Waals surface area contributed by atoms with Gasteiger partial charge < -0.3 is 0 Å². The summed E-state index contributed by atoms with van der Waals surface area (Å²) in [7, 11) is 0. The van der Waals surface area contributed by atoms with Crippen molar-refractivity contribution < 1.29 is 0 Å². The van der Waals surface area contributed by atoms with Gasteiger partial charge in [-0.2, -0.15) is 5.26 Å². The normalized spacial score (nSPS) is 18.8. The molecule has 0 amide bonds. The maximum Gasteiger partial charge on any atom is 0.131 e. The monoisotopic (exact) mass is 473 g/mol. The van der Waals surface area contributed by atoms with Gasteiger partial charge in [-0.25, -0.2) is 9.97 Å². The van der Waals surface area contributed by atoms with Gasteiger partial charge in [0.25, 0.3) is 0 Å². The predicted octanol–water partition coefficient (Wildman–Crippen LogP) is 9.43. The maximum atomic E-state index is 9.72. The molecule has 3 nitrogen and oxygen atoms in total. The summed E-state index contributed by atoms with van der Waals surface area (Å²) < 4.78 is 0. The third-order valence-corrected chi connectivity index (χ3v) is 8.02. The first-order valence-corrected chi connectivity index (χ1v) is 14.6. The van der Waals surface area contributed by atoms with Crippen molar-refractivity contribution >= 4 is 0 Å². The van der Waals surface area contributed by atoms with Gasteiger partial charge in [0.2, 0.25) is 0 Å². The van der Waals surface area contributed by atoms with Crippen LogP contribution in [0.15, 0.2) is 36.7 Å². The van der Waals surface area contributed by atoms with Crippen LogP contribution < -0.4 is 0 Å². The molecule has 35 heavy (non-hydrogen) atoms. The Bertz CT molecular complexity index is 857. The van der Waals surface area contributed by atoms with Crippen LogP contribution in [0, 0.1) is 23.2 Å². The average molecular weight is 474 g/mol. The molecule has 1 aliphatic carbocycles. The molecule has 1 fully saturated rings. The van der Waals surface area contributed by atoms with E-state index in [1.54, 1.807) is 0 Å². The highest BCUT2D eigenvalue weighted by atomic mass is 14.9. The Balaban J connectivity index is 1.44. The Kier molecular flexibility index (Phi) is 12.3. The lowest BCUT2D eigenvalue weighted by atomic mass is 9.74. The zero-order valence-electron chi connectivity index (χ0n) is 22.4. The second-order valence-electron chi connectivity index (χ2n) is 10.7. The lowest BCUT2D eigenvalue weighted by Gasteiger charge is -2.30. The molecule has 1 aliphatic rings. The lowest BCUT2D eigenvalue weighted by molar-refractivity contribution is 0.253. The van der Waals surface area contributed by atoms with Crippen LogP contribution >= 0.6 is 0 Å². The first-order valence-electron chi connectivity index (χ1n) is 14.6. The third kappa shape index (κ3) is 9.06. The SMILES string of the molecule is CCCCCCCc1ccc(-c2cnc([C@H]3CC[C@@H]([C@H](C#N)CCCCCCC)CC3)nc2)cc1. The van der Waals surface area contributed by atoms with Crippen molar-refractivity contribution in [1.82, 2.24) is 9.97 Å². The predicted molar refractivity (Wildman–Crippen MR) is 147 cm³/mol. The summed E-state index contributed by atoms with van der Waals surface area (Å²) in [5, 5.41) is 9.72. The van der Waals surface area contributed by atoms with Crippen LogP contribution in [0.4, 0.5) is 0 Å². The molecule has 1 aromatic carbocycles. The van der Waals surface area contributed by atoms with E-state index >= 15 is 0 Å². The van der Waals surface area contributed by atoms with Crippen molar-refractivity contribution in [2.75, 3.05) is 0 Å². The minimum atomic E-state index is 0.236. The van der Waals surface area contributed by atoms with Crippen molar-refractivity contribution in [3.63, 3.8) is 0 Å². The van der Waals surface area contributed by atoms with Gasteiger partial charge in [0.05, 0.1) is 6.07 Å². The minimum Gasteiger partial charge on any atom is -0.240 e. The highest BCUT2D eigenvalue weighted by Gasteiger charge is 2.29. The number of hydrogen-bond acceptors (Lipinski definition) is 3. The Morgan fingerprint density at radius 3 is 1.97 bits per heavy atom. The maximum absolute atomic E-state index is 9.72. The minimum absolute atomic E-state index is 0.236. The standard InChI is InChI=1S/C32H47N3/c1-3-5-7-9-11-13-26-15-17-28(18-16-26)31-24-34-32(35-25-31)29-21-19-27(20-22-29)30(23-33)14-12-10-8-6-4-2/h15-18,24-25,27,29-30H,3-14,19-22H2,1-2H3/t27-,29+,30-/m0/s1. The topological polar surface area (TPSA) is 49.6 Å². The first kappa shape index (κ1) is 27.4. The molecule has 1 aromatic heterocycles. The molecule has 2 aromatic rings. The zero-order valence-corrected chi connectivity index (χ0v) is 22.4. The molecule has 0 radical (unpaired) electrons. The summed E-state index contributed by atoms with van der Waals surface area (Å²) in [5.74, 6) is 2.23. The van der Waals surface area contributed by atoms with E-state index in [0.717, 1.165) is 43.5 Å². The molecular weight excluding hydrogens is 426 g/mol. The Morgan fingerprint density at radius 2 is 1.37 bits per heavy atom. The fraction of sp³-hybridized carbons (Fsp3) is 0.656. The van der Waals surface area contributed by atoms with Crippen molar-refractivity contribution in [2.24, 2.45) is 11.8 Å². The molecule has 1 saturated carbocycles. The molecule has 3 rings (SSSR count). The zero-order chi connectivity index (χ0) is 24.7. The molecule has 190 valence electrons. The molecule has 0 bridgehead atoms. The number of benzene rings is 1. The quantitative estimate of drug-likeness (QED) is 0.242. The summed E-state index contributed by atoms with van der Waals surface area (Å²) in [6.45, 7) is 4.52. The van der Waals surface area contributed by atoms with E-state index in [1.807, 2.05) is 12.4 Å². The number of hydrogen-bond donors (Lipinski definition) is 0. The van der Waals surface area contributed by atoms with Gasteiger partial charge in [0.1, 0.15) is 5.82 Å². The van der Waals surface area contributed by atoms with Gasteiger partial charge in [0.15, 0.2) is 0 Å². The van der Waals surface area contributed by atoms with Crippen molar-refractivity contribution in [3.8, 4) is 17.2 Å². The number of nitrogens with zero attached hydrogens (tertiary/aromatic N) is 3. The van der Waals surface area contributed by atoms with E-state index in [2.05, 4.69) is 44.2 Å². The Hall–Kier alpha value is -2.21. The van der Waals surface area contributed by atoms with Crippen LogP contribution in [0.3, 0.4) is 0 Å². The van der Waals surface area contributed by atoms with Gasteiger partial charge in [-0.1, -0.05) is 95.9 Å². The molecule has 3 heteroatoms. The summed E-state index contributed by atoms with van der Waals surface area (Å²) in [5.41, 5.74) is 3.73. The van der Waals surface area contributed by atoms with Gasteiger partial charge in [-0.05, 0) is 62.0 Å². The van der Waals surface area contributed by atoms with Gasteiger partial charge in [-0.3, -0.25) is 0 Å². The van der Waals surface area contributed by atoms with Gasteiger partial charge in [-0.15, -0.1) is 0 Å². The molecule has 0 unspecified atom stereocenters. The summed E-state index contributed by atoms with van der Waals surface area (Å²) in [6.07, 6.45) is 23.8. The molecule has 0 aliphatic heterocycles. The van der Waals surface area contributed by atoms with E-state index in [9.17, 15) is 5.26 Å². The van der Waals surface area contributed by atoms with Crippen molar-refractivity contribution in [1.29, 1.82) is 5.26 Å². The summed E-state index contributed by atoms with van der Waals surface area (Å²) >= 11 is 0. The average Bonchev–Trinajstić information content (AvgIpc) is 2.91. The molecule has 0 spiro atoms. The van der Waals surface area contributed by atoms with E-state index in [4.69, 9.17) is 9.97 Å². The number of aromatic nitrogens is 2. The lowest BCUT2D eigenvalue weighted by Crippen LogP contribution is -2.21. The molecule has 1 heterocycles. The molecule has 1 atom stereocenters. The van der Waals surface area contributed by atoms with E-state index < -0.39 is 0 Å². The van der Waals surface area contributed by atoms with Gasteiger partial charge in [0, 0.05) is 29.8 Å². The van der Waals surface area contributed by atoms with Crippen LogP contribution in [-0.4, -0.2) is 9.97 Å². The second-order valence-corrected chi connectivity index (χ2v) is 10.7. The first-order chi connectivity index (χ1) is 17.2.